The van der Waals surface area contributed by atoms with Gasteiger partial charge in [-0.2, -0.15) is 4.98 Å². The maximum absolute atomic E-state index is 12.8. The van der Waals surface area contributed by atoms with Crippen LogP contribution in [0.4, 0.5) is 5.69 Å². The molecule has 0 saturated carbocycles. The van der Waals surface area contributed by atoms with Crippen molar-refractivity contribution >= 4 is 34.9 Å². The number of aromatic nitrogens is 4. The zero-order valence-electron chi connectivity index (χ0n) is 17.5. The minimum Gasteiger partial charge on any atom is -0.326 e. The van der Waals surface area contributed by atoms with Crippen LogP contribution < -0.4 is 5.32 Å². The molecule has 1 aromatic carbocycles. The molecule has 2 heterocycles. The zero-order valence-corrected chi connectivity index (χ0v) is 18.3. The number of fused-ring (bicyclic) bond motifs is 1. The molecular weight excluding hydrogens is 386 g/mol. The summed E-state index contributed by atoms with van der Waals surface area (Å²) in [4.78, 5) is 33.5. The Morgan fingerprint density at radius 3 is 2.31 bits per heavy atom. The normalized spacial score (nSPS) is 12.4. The lowest BCUT2D eigenvalue weighted by Gasteiger charge is -2.10. The maximum Gasteiger partial charge on any atom is 0.253 e. The predicted molar refractivity (Wildman–Crippen MR) is 115 cm³/mol. The van der Waals surface area contributed by atoms with Crippen LogP contribution in [0.15, 0.2) is 29.4 Å². The van der Waals surface area contributed by atoms with Crippen LogP contribution in [0.1, 0.15) is 48.1 Å². The second kappa shape index (κ2) is 8.32. The van der Waals surface area contributed by atoms with Gasteiger partial charge in [0.1, 0.15) is 0 Å². The molecule has 0 fully saturated rings. The molecule has 29 heavy (non-hydrogen) atoms. The van der Waals surface area contributed by atoms with E-state index in [4.69, 9.17) is 0 Å². The average Bonchev–Trinajstić information content (AvgIpc) is 3.08. The lowest BCUT2D eigenvalue weighted by atomic mass is 10.1. The van der Waals surface area contributed by atoms with Gasteiger partial charge >= 0.3 is 0 Å². The van der Waals surface area contributed by atoms with Gasteiger partial charge in [-0.15, -0.1) is 5.10 Å². The van der Waals surface area contributed by atoms with E-state index in [2.05, 4.69) is 20.4 Å². The van der Waals surface area contributed by atoms with E-state index in [1.807, 2.05) is 41.5 Å². The topological polar surface area (TPSA) is 89.2 Å². The summed E-state index contributed by atoms with van der Waals surface area (Å²) in [5.41, 5.74) is 4.25. The molecule has 1 unspecified atom stereocenters. The van der Waals surface area contributed by atoms with Crippen molar-refractivity contribution in [3.05, 3.63) is 46.8 Å². The largest absolute Gasteiger partial charge is 0.326 e. The first-order valence-corrected chi connectivity index (χ1v) is 10.4. The lowest BCUT2D eigenvalue weighted by molar-refractivity contribution is -0.118. The van der Waals surface area contributed by atoms with Crippen molar-refractivity contribution in [2.45, 2.75) is 51.9 Å². The summed E-state index contributed by atoms with van der Waals surface area (Å²) >= 11 is 1.31. The first kappa shape index (κ1) is 21.0. The molecule has 0 aliphatic carbocycles. The molecule has 1 atom stereocenters. The number of ketones is 1. The fourth-order valence-electron chi connectivity index (χ4n) is 2.74. The third-order valence-electron chi connectivity index (χ3n) is 4.85. The van der Waals surface area contributed by atoms with E-state index in [1.54, 1.807) is 28.8 Å². The van der Waals surface area contributed by atoms with E-state index in [0.717, 1.165) is 17.0 Å². The number of anilines is 1. The molecule has 2 aromatic heterocycles. The lowest BCUT2D eigenvalue weighted by Crippen LogP contribution is -2.18. The van der Waals surface area contributed by atoms with Crippen LogP contribution in [0.5, 0.6) is 0 Å². The molecule has 152 valence electrons. The Balaban J connectivity index is 1.73. The summed E-state index contributed by atoms with van der Waals surface area (Å²) in [5.74, 6) is 0.363. The van der Waals surface area contributed by atoms with Crippen LogP contribution in [-0.2, 0) is 4.79 Å². The number of nitrogens with zero attached hydrogens (tertiary/aromatic N) is 4. The van der Waals surface area contributed by atoms with Gasteiger partial charge in [0, 0.05) is 28.6 Å². The van der Waals surface area contributed by atoms with Gasteiger partial charge < -0.3 is 5.32 Å². The zero-order chi connectivity index (χ0) is 21.3. The molecule has 0 saturated heterocycles. The third-order valence-corrected chi connectivity index (χ3v) is 5.81. The molecule has 0 radical (unpaired) electrons. The minimum absolute atomic E-state index is 0.0207. The van der Waals surface area contributed by atoms with Gasteiger partial charge in [-0.3, -0.25) is 9.59 Å². The number of aryl methyl sites for hydroxylation is 2. The van der Waals surface area contributed by atoms with Gasteiger partial charge in [0.15, 0.2) is 5.78 Å². The van der Waals surface area contributed by atoms with E-state index in [-0.39, 0.29) is 22.9 Å². The fourth-order valence-corrected chi connectivity index (χ4v) is 3.56. The molecule has 3 rings (SSSR count). The summed E-state index contributed by atoms with van der Waals surface area (Å²) in [6.07, 6.45) is 0. The van der Waals surface area contributed by atoms with Crippen molar-refractivity contribution in [3.8, 4) is 0 Å². The Labute approximate surface area is 174 Å². The monoisotopic (exact) mass is 411 g/mol. The van der Waals surface area contributed by atoms with Crippen molar-refractivity contribution in [2.24, 2.45) is 5.92 Å². The molecule has 0 spiro atoms. The Morgan fingerprint density at radius 1 is 1.03 bits per heavy atom. The predicted octanol–water partition coefficient (Wildman–Crippen LogP) is 4.01. The number of hydrogen-bond acceptors (Lipinski definition) is 6. The van der Waals surface area contributed by atoms with Crippen LogP contribution in [-0.4, -0.2) is 36.5 Å². The van der Waals surface area contributed by atoms with Crippen LogP contribution in [0.3, 0.4) is 0 Å². The van der Waals surface area contributed by atoms with Crippen molar-refractivity contribution < 1.29 is 9.59 Å². The molecule has 0 aliphatic heterocycles. The van der Waals surface area contributed by atoms with Crippen LogP contribution in [0.2, 0.25) is 0 Å². The van der Waals surface area contributed by atoms with Crippen LogP contribution in [0.25, 0.3) is 5.78 Å². The maximum atomic E-state index is 12.8. The van der Waals surface area contributed by atoms with Gasteiger partial charge in [-0.1, -0.05) is 25.6 Å². The van der Waals surface area contributed by atoms with Gasteiger partial charge in [0.25, 0.3) is 5.78 Å². The van der Waals surface area contributed by atoms with Crippen molar-refractivity contribution in [1.82, 2.24) is 19.6 Å². The molecule has 0 aliphatic rings. The Kier molecular flexibility index (Phi) is 6.02. The molecule has 0 bridgehead atoms. The number of carbonyl (C=O) groups excluding carboxylic acids is 2. The summed E-state index contributed by atoms with van der Waals surface area (Å²) in [6, 6.07) is 6.94. The average molecular weight is 412 g/mol. The van der Waals surface area contributed by atoms with Crippen molar-refractivity contribution in [2.75, 3.05) is 5.32 Å². The molecule has 7 nitrogen and oxygen atoms in total. The number of amides is 1. The number of nitrogens with one attached hydrogen (secondary N) is 1. The highest BCUT2D eigenvalue weighted by Gasteiger charge is 2.20. The summed E-state index contributed by atoms with van der Waals surface area (Å²) in [6.45, 7) is 11.4. The van der Waals surface area contributed by atoms with Crippen LogP contribution in [0, 0.1) is 26.7 Å². The minimum atomic E-state index is -0.356. The summed E-state index contributed by atoms with van der Waals surface area (Å²) in [5, 5.41) is 7.49. The first-order chi connectivity index (χ1) is 13.7. The first-order valence-electron chi connectivity index (χ1n) is 9.49. The quantitative estimate of drug-likeness (QED) is 0.487. The number of Topliss-reactive ketones (excluding diaryl/α,β-unsaturated/α-hetero) is 1. The number of benzene rings is 1. The molecule has 8 heteroatoms. The van der Waals surface area contributed by atoms with Gasteiger partial charge in [-0.25, -0.2) is 9.50 Å². The smallest absolute Gasteiger partial charge is 0.253 e. The highest BCUT2D eigenvalue weighted by atomic mass is 32.2. The Bertz CT molecular complexity index is 1070. The summed E-state index contributed by atoms with van der Waals surface area (Å²) in [7, 11) is 0. The van der Waals surface area contributed by atoms with E-state index >= 15 is 0 Å². The van der Waals surface area contributed by atoms with Gasteiger partial charge in [0.2, 0.25) is 11.1 Å². The standard InChI is InChI=1S/C21H25N5O2S/c1-11(2)19(28)23-17-9-7-16(8-10-17)18(27)15(6)29-21-24-20-22-13(4)12(3)14(5)26(20)25-21/h7-11,15H,1-6H3,(H,23,28). The van der Waals surface area contributed by atoms with E-state index in [9.17, 15) is 9.59 Å². The van der Waals surface area contributed by atoms with Gasteiger partial charge in [0.05, 0.1) is 5.25 Å². The van der Waals surface area contributed by atoms with Crippen molar-refractivity contribution in [1.29, 1.82) is 0 Å². The van der Waals surface area contributed by atoms with E-state index in [1.165, 1.54) is 11.8 Å². The second-order valence-electron chi connectivity index (χ2n) is 7.36. The third kappa shape index (κ3) is 4.48. The molecule has 3 aromatic rings. The van der Waals surface area contributed by atoms with E-state index in [0.29, 0.717) is 22.2 Å². The SMILES string of the molecule is Cc1nc2nc(SC(C)C(=O)c3ccc(NC(=O)C(C)C)cc3)nn2c(C)c1C. The second-order valence-corrected chi connectivity index (χ2v) is 8.67. The molecule has 1 N–H and O–H groups in total. The Hall–Kier alpha value is -2.74. The summed E-state index contributed by atoms with van der Waals surface area (Å²) < 4.78 is 1.72. The highest BCUT2D eigenvalue weighted by Crippen LogP contribution is 2.25. The number of hydrogen-bond donors (Lipinski definition) is 1. The van der Waals surface area contributed by atoms with Crippen molar-refractivity contribution in [3.63, 3.8) is 0 Å². The highest BCUT2D eigenvalue weighted by molar-refractivity contribution is 8.00. The Morgan fingerprint density at radius 2 is 1.69 bits per heavy atom. The number of rotatable bonds is 6. The number of carbonyl (C=O) groups is 2. The fraction of sp³-hybridized carbons (Fsp3) is 0.381. The van der Waals surface area contributed by atoms with E-state index < -0.39 is 0 Å². The number of thioether (sulfide) groups is 1. The van der Waals surface area contributed by atoms with Gasteiger partial charge in [-0.05, 0) is 57.5 Å². The molecular formula is C21H25N5O2S. The molecule has 1 amide bonds. The van der Waals surface area contributed by atoms with Crippen LogP contribution >= 0.6 is 11.8 Å².